The Labute approximate surface area is 109 Å². The SMILES string of the molecule is CCC(N)c1noc(-c2ccc([N+](=O)[O-])cc2C)n1. The smallest absolute Gasteiger partial charge is 0.269 e. The van der Waals surface area contributed by atoms with Crippen LogP contribution in [0.4, 0.5) is 5.69 Å². The quantitative estimate of drug-likeness (QED) is 0.669. The average molecular weight is 262 g/mol. The van der Waals surface area contributed by atoms with Crippen LogP contribution in [0.2, 0.25) is 0 Å². The summed E-state index contributed by atoms with van der Waals surface area (Å²) in [7, 11) is 0. The summed E-state index contributed by atoms with van der Waals surface area (Å²) in [5.74, 6) is 0.765. The molecule has 2 N–H and O–H groups in total. The fourth-order valence-corrected chi connectivity index (χ4v) is 1.68. The molecule has 0 spiro atoms. The second-order valence-electron chi connectivity index (χ2n) is 4.23. The molecule has 1 aromatic heterocycles. The highest BCUT2D eigenvalue weighted by Gasteiger charge is 2.16. The first-order valence-corrected chi connectivity index (χ1v) is 5.87. The molecule has 1 unspecified atom stereocenters. The second-order valence-corrected chi connectivity index (χ2v) is 4.23. The number of nitrogens with two attached hydrogens (primary N) is 1. The van der Waals surface area contributed by atoms with Gasteiger partial charge in [0.1, 0.15) is 0 Å². The molecule has 0 aliphatic heterocycles. The molecule has 0 saturated heterocycles. The molecule has 0 fully saturated rings. The summed E-state index contributed by atoms with van der Waals surface area (Å²) in [5, 5.41) is 14.5. The van der Waals surface area contributed by atoms with Crippen molar-refractivity contribution in [1.29, 1.82) is 0 Å². The van der Waals surface area contributed by atoms with Crippen LogP contribution in [0.25, 0.3) is 11.5 Å². The van der Waals surface area contributed by atoms with Crippen molar-refractivity contribution in [3.8, 4) is 11.5 Å². The highest BCUT2D eigenvalue weighted by Crippen LogP contribution is 2.26. The average Bonchev–Trinajstić information content (AvgIpc) is 2.87. The van der Waals surface area contributed by atoms with Gasteiger partial charge in [0.2, 0.25) is 0 Å². The van der Waals surface area contributed by atoms with Gasteiger partial charge in [-0.1, -0.05) is 12.1 Å². The molecule has 0 bridgehead atoms. The molecular formula is C12H14N4O3. The van der Waals surface area contributed by atoms with Gasteiger partial charge in [0.15, 0.2) is 5.82 Å². The molecule has 0 aliphatic rings. The lowest BCUT2D eigenvalue weighted by Crippen LogP contribution is -2.10. The summed E-state index contributed by atoms with van der Waals surface area (Å²) in [5.41, 5.74) is 7.22. The van der Waals surface area contributed by atoms with Crippen LogP contribution in [-0.4, -0.2) is 15.1 Å². The molecule has 100 valence electrons. The van der Waals surface area contributed by atoms with Crippen LogP contribution >= 0.6 is 0 Å². The molecule has 2 aromatic rings. The minimum absolute atomic E-state index is 0.0336. The maximum absolute atomic E-state index is 10.7. The van der Waals surface area contributed by atoms with Crippen LogP contribution in [0.5, 0.6) is 0 Å². The van der Waals surface area contributed by atoms with E-state index in [9.17, 15) is 10.1 Å². The highest BCUT2D eigenvalue weighted by atomic mass is 16.6. The van der Waals surface area contributed by atoms with Crippen molar-refractivity contribution in [2.45, 2.75) is 26.3 Å². The molecule has 0 amide bonds. The van der Waals surface area contributed by atoms with Crippen LogP contribution < -0.4 is 5.73 Å². The summed E-state index contributed by atoms with van der Waals surface area (Å²) in [6.07, 6.45) is 0.707. The van der Waals surface area contributed by atoms with Gasteiger partial charge in [-0.3, -0.25) is 10.1 Å². The third-order valence-electron chi connectivity index (χ3n) is 2.86. The van der Waals surface area contributed by atoms with Gasteiger partial charge in [0.05, 0.1) is 11.0 Å². The normalized spacial score (nSPS) is 12.4. The molecular weight excluding hydrogens is 248 g/mol. The van der Waals surface area contributed by atoms with E-state index in [4.69, 9.17) is 10.3 Å². The lowest BCUT2D eigenvalue weighted by atomic mass is 10.1. The third kappa shape index (κ3) is 2.60. The van der Waals surface area contributed by atoms with Crippen molar-refractivity contribution in [1.82, 2.24) is 10.1 Å². The Morgan fingerprint density at radius 1 is 1.53 bits per heavy atom. The van der Waals surface area contributed by atoms with Gasteiger partial charge in [-0.15, -0.1) is 0 Å². The molecule has 0 radical (unpaired) electrons. The van der Waals surface area contributed by atoms with E-state index >= 15 is 0 Å². The van der Waals surface area contributed by atoms with Crippen molar-refractivity contribution in [2.75, 3.05) is 0 Å². The van der Waals surface area contributed by atoms with Crippen LogP contribution in [0.3, 0.4) is 0 Å². The van der Waals surface area contributed by atoms with Crippen molar-refractivity contribution >= 4 is 5.69 Å². The van der Waals surface area contributed by atoms with E-state index in [1.807, 2.05) is 6.92 Å². The van der Waals surface area contributed by atoms with Crippen molar-refractivity contribution < 1.29 is 9.45 Å². The number of nitrogens with zero attached hydrogens (tertiary/aromatic N) is 3. The molecule has 0 saturated carbocycles. The second kappa shape index (κ2) is 5.15. The van der Waals surface area contributed by atoms with Crippen molar-refractivity contribution in [2.24, 2.45) is 5.73 Å². The zero-order valence-electron chi connectivity index (χ0n) is 10.7. The number of aryl methyl sites for hydroxylation is 1. The molecule has 2 rings (SSSR count). The van der Waals surface area contributed by atoms with Gasteiger partial charge in [-0.2, -0.15) is 4.98 Å². The Kier molecular flexibility index (Phi) is 3.57. The summed E-state index contributed by atoms with van der Waals surface area (Å²) >= 11 is 0. The third-order valence-corrected chi connectivity index (χ3v) is 2.86. The predicted octanol–water partition coefficient (Wildman–Crippen LogP) is 2.36. The Hall–Kier alpha value is -2.28. The van der Waals surface area contributed by atoms with E-state index in [0.29, 0.717) is 29.3 Å². The summed E-state index contributed by atoms with van der Waals surface area (Å²) < 4.78 is 5.14. The number of nitro groups is 1. The standard InChI is InChI=1S/C12H14N4O3/c1-3-10(13)11-14-12(19-15-11)9-5-4-8(16(17)18)6-7(9)2/h4-6,10H,3,13H2,1-2H3. The number of rotatable bonds is 4. The first kappa shape index (κ1) is 13.2. The lowest BCUT2D eigenvalue weighted by Gasteiger charge is -2.01. The number of hydrogen-bond acceptors (Lipinski definition) is 6. The van der Waals surface area contributed by atoms with Crippen LogP contribution in [0, 0.1) is 17.0 Å². The monoisotopic (exact) mass is 262 g/mol. The molecule has 19 heavy (non-hydrogen) atoms. The highest BCUT2D eigenvalue weighted by molar-refractivity contribution is 5.61. The van der Waals surface area contributed by atoms with Crippen molar-refractivity contribution in [3.05, 3.63) is 39.7 Å². The largest absolute Gasteiger partial charge is 0.334 e. The van der Waals surface area contributed by atoms with Gasteiger partial charge in [0.25, 0.3) is 11.6 Å². The predicted molar refractivity (Wildman–Crippen MR) is 68.3 cm³/mol. The van der Waals surface area contributed by atoms with E-state index < -0.39 is 4.92 Å². The van der Waals surface area contributed by atoms with E-state index in [-0.39, 0.29) is 11.7 Å². The molecule has 1 aromatic carbocycles. The zero-order valence-corrected chi connectivity index (χ0v) is 10.7. The Morgan fingerprint density at radius 3 is 2.84 bits per heavy atom. The number of nitro benzene ring substituents is 1. The van der Waals surface area contributed by atoms with Gasteiger partial charge in [-0.05, 0) is 25.0 Å². The summed E-state index contributed by atoms with van der Waals surface area (Å²) in [6.45, 7) is 3.68. The maximum Gasteiger partial charge on any atom is 0.269 e. The number of non-ortho nitro benzene ring substituents is 1. The first-order valence-electron chi connectivity index (χ1n) is 5.87. The number of hydrogen-bond donors (Lipinski definition) is 1. The minimum atomic E-state index is -0.441. The number of aromatic nitrogens is 2. The van der Waals surface area contributed by atoms with E-state index in [1.54, 1.807) is 13.0 Å². The maximum atomic E-state index is 10.7. The topological polar surface area (TPSA) is 108 Å². The molecule has 7 heteroatoms. The molecule has 7 nitrogen and oxygen atoms in total. The minimum Gasteiger partial charge on any atom is -0.334 e. The zero-order chi connectivity index (χ0) is 14.0. The molecule has 1 atom stereocenters. The van der Waals surface area contributed by atoms with Crippen molar-refractivity contribution in [3.63, 3.8) is 0 Å². The Morgan fingerprint density at radius 2 is 2.26 bits per heavy atom. The number of benzene rings is 1. The Balaban J connectivity index is 2.37. The lowest BCUT2D eigenvalue weighted by molar-refractivity contribution is -0.384. The van der Waals surface area contributed by atoms with Crippen LogP contribution in [-0.2, 0) is 0 Å². The van der Waals surface area contributed by atoms with Crippen LogP contribution in [0.15, 0.2) is 22.7 Å². The Bertz CT molecular complexity index is 609. The fraction of sp³-hybridized carbons (Fsp3) is 0.333. The van der Waals surface area contributed by atoms with Gasteiger partial charge in [0, 0.05) is 17.7 Å². The van der Waals surface area contributed by atoms with E-state index in [0.717, 1.165) is 0 Å². The first-order chi connectivity index (χ1) is 9.02. The fourth-order valence-electron chi connectivity index (χ4n) is 1.68. The van der Waals surface area contributed by atoms with E-state index in [2.05, 4.69) is 10.1 Å². The van der Waals surface area contributed by atoms with Gasteiger partial charge >= 0.3 is 0 Å². The summed E-state index contributed by atoms with van der Waals surface area (Å²) in [6, 6.07) is 4.21. The van der Waals surface area contributed by atoms with Gasteiger partial charge in [-0.25, -0.2) is 0 Å². The van der Waals surface area contributed by atoms with E-state index in [1.165, 1.54) is 12.1 Å². The molecule has 0 aliphatic carbocycles. The van der Waals surface area contributed by atoms with Gasteiger partial charge < -0.3 is 10.3 Å². The summed E-state index contributed by atoms with van der Waals surface area (Å²) in [4.78, 5) is 14.4. The van der Waals surface area contributed by atoms with Crippen LogP contribution in [0.1, 0.15) is 30.8 Å². The molecule has 1 heterocycles.